The first kappa shape index (κ1) is 20.8. The van der Waals surface area contributed by atoms with Gasteiger partial charge in [-0.25, -0.2) is 13.4 Å². The molecular weight excluding hydrogens is 388 g/mol. The Bertz CT molecular complexity index is 1090. The molecule has 0 spiro atoms. The van der Waals surface area contributed by atoms with Gasteiger partial charge < -0.3 is 9.73 Å². The maximum atomic E-state index is 12.6. The molecule has 6 nitrogen and oxygen atoms in total. The van der Waals surface area contributed by atoms with E-state index in [-0.39, 0.29) is 22.6 Å². The second-order valence-electron chi connectivity index (χ2n) is 6.95. The molecule has 3 rings (SSSR count). The predicted molar refractivity (Wildman–Crippen MR) is 111 cm³/mol. The van der Waals surface area contributed by atoms with E-state index in [1.165, 1.54) is 0 Å². The van der Waals surface area contributed by atoms with Gasteiger partial charge in [0.25, 0.3) is 5.91 Å². The van der Waals surface area contributed by atoms with Crippen molar-refractivity contribution in [2.45, 2.75) is 43.9 Å². The minimum Gasteiger partial charge on any atom is -0.441 e. The lowest BCUT2D eigenvalue weighted by Gasteiger charge is -2.11. The molecular formula is C22H24N2O4S. The van der Waals surface area contributed by atoms with Gasteiger partial charge in [-0.05, 0) is 56.7 Å². The molecule has 0 saturated carbocycles. The molecule has 3 aromatic rings. The number of rotatable bonds is 7. The van der Waals surface area contributed by atoms with Crippen LogP contribution in [0.15, 0.2) is 63.9 Å². The van der Waals surface area contributed by atoms with E-state index >= 15 is 0 Å². The molecule has 0 bridgehead atoms. The summed E-state index contributed by atoms with van der Waals surface area (Å²) in [6, 6.07) is 15.3. The third-order valence-electron chi connectivity index (χ3n) is 4.71. The summed E-state index contributed by atoms with van der Waals surface area (Å²) in [7, 11) is -3.51. The average molecular weight is 413 g/mol. The van der Waals surface area contributed by atoms with Gasteiger partial charge in [0.1, 0.15) is 11.5 Å². The van der Waals surface area contributed by atoms with Crippen LogP contribution in [-0.2, 0) is 15.6 Å². The molecule has 1 amide bonds. The van der Waals surface area contributed by atoms with Gasteiger partial charge in [0.2, 0.25) is 5.89 Å². The molecule has 0 aliphatic heterocycles. The van der Waals surface area contributed by atoms with E-state index in [4.69, 9.17) is 4.42 Å². The van der Waals surface area contributed by atoms with Crippen LogP contribution in [0.1, 0.15) is 42.1 Å². The standard InChI is InChI=1S/C22H24N2O4S/c1-4-15(2)23-21(25)17-10-12-18(13-11-17)22-24-20(16(3)28-22)14-29(26,27)19-8-6-5-7-9-19/h5-13,15H,4,14H2,1-3H3,(H,23,25)/t15-/m1/s1. The Hall–Kier alpha value is -2.93. The minimum atomic E-state index is -3.51. The molecule has 2 aromatic carbocycles. The zero-order chi connectivity index (χ0) is 21.0. The Balaban J connectivity index is 1.79. The lowest BCUT2D eigenvalue weighted by Crippen LogP contribution is -2.31. The normalized spacial score (nSPS) is 12.5. The first-order valence-electron chi connectivity index (χ1n) is 9.45. The maximum absolute atomic E-state index is 12.6. The molecule has 152 valence electrons. The fraction of sp³-hybridized carbons (Fsp3) is 0.273. The summed E-state index contributed by atoms with van der Waals surface area (Å²) in [4.78, 5) is 16.8. The van der Waals surface area contributed by atoms with Crippen LogP contribution in [-0.4, -0.2) is 25.4 Å². The van der Waals surface area contributed by atoms with Crippen molar-refractivity contribution in [1.29, 1.82) is 0 Å². The zero-order valence-corrected chi connectivity index (χ0v) is 17.5. The quantitative estimate of drug-likeness (QED) is 0.630. The third kappa shape index (κ3) is 4.92. The van der Waals surface area contributed by atoms with Crippen molar-refractivity contribution in [3.8, 4) is 11.5 Å². The van der Waals surface area contributed by atoms with Gasteiger partial charge in [0.15, 0.2) is 9.84 Å². The fourth-order valence-electron chi connectivity index (χ4n) is 2.75. The van der Waals surface area contributed by atoms with Crippen molar-refractivity contribution >= 4 is 15.7 Å². The van der Waals surface area contributed by atoms with E-state index in [1.807, 2.05) is 13.8 Å². The van der Waals surface area contributed by atoms with Crippen molar-refractivity contribution in [2.24, 2.45) is 0 Å². The largest absolute Gasteiger partial charge is 0.441 e. The number of nitrogens with zero attached hydrogens (tertiary/aromatic N) is 1. The molecule has 0 aliphatic rings. The number of oxazole rings is 1. The van der Waals surface area contributed by atoms with Crippen LogP contribution < -0.4 is 5.32 Å². The molecule has 29 heavy (non-hydrogen) atoms. The number of carbonyl (C=O) groups excluding carboxylic acids is 1. The topological polar surface area (TPSA) is 89.3 Å². The molecule has 7 heteroatoms. The van der Waals surface area contributed by atoms with E-state index < -0.39 is 9.84 Å². The van der Waals surface area contributed by atoms with Crippen molar-refractivity contribution in [1.82, 2.24) is 10.3 Å². The lowest BCUT2D eigenvalue weighted by atomic mass is 10.1. The minimum absolute atomic E-state index is 0.102. The van der Waals surface area contributed by atoms with Gasteiger partial charge in [-0.1, -0.05) is 25.1 Å². The van der Waals surface area contributed by atoms with Gasteiger partial charge in [-0.2, -0.15) is 0 Å². The highest BCUT2D eigenvalue weighted by Crippen LogP contribution is 2.25. The van der Waals surface area contributed by atoms with Crippen LogP contribution in [0, 0.1) is 6.92 Å². The average Bonchev–Trinajstić information content (AvgIpc) is 3.08. The summed E-state index contributed by atoms with van der Waals surface area (Å²) >= 11 is 0. The van der Waals surface area contributed by atoms with Crippen LogP contribution in [0.2, 0.25) is 0 Å². The van der Waals surface area contributed by atoms with Crippen molar-refractivity contribution in [3.63, 3.8) is 0 Å². The smallest absolute Gasteiger partial charge is 0.251 e. The predicted octanol–water partition coefficient (Wildman–Crippen LogP) is 4.15. The molecule has 0 radical (unpaired) electrons. The third-order valence-corrected chi connectivity index (χ3v) is 6.35. The molecule has 0 unspecified atom stereocenters. The number of aromatic nitrogens is 1. The summed E-state index contributed by atoms with van der Waals surface area (Å²) in [5.74, 6) is 0.415. The molecule has 1 aromatic heterocycles. The maximum Gasteiger partial charge on any atom is 0.251 e. The Morgan fingerprint density at radius 1 is 1.10 bits per heavy atom. The van der Waals surface area contributed by atoms with E-state index in [2.05, 4.69) is 10.3 Å². The van der Waals surface area contributed by atoms with E-state index in [0.717, 1.165) is 6.42 Å². The molecule has 1 heterocycles. The van der Waals surface area contributed by atoms with E-state index in [9.17, 15) is 13.2 Å². The number of nitrogens with one attached hydrogen (secondary N) is 1. The fourth-order valence-corrected chi connectivity index (χ4v) is 4.12. The van der Waals surface area contributed by atoms with Gasteiger partial charge in [-0.15, -0.1) is 0 Å². The van der Waals surface area contributed by atoms with Crippen LogP contribution in [0.5, 0.6) is 0 Å². The lowest BCUT2D eigenvalue weighted by molar-refractivity contribution is 0.0939. The summed E-state index contributed by atoms with van der Waals surface area (Å²) in [5, 5.41) is 2.91. The van der Waals surface area contributed by atoms with Crippen LogP contribution in [0.25, 0.3) is 11.5 Å². The number of aryl methyl sites for hydroxylation is 1. The van der Waals surface area contributed by atoms with Gasteiger partial charge >= 0.3 is 0 Å². The van der Waals surface area contributed by atoms with Crippen LogP contribution in [0.3, 0.4) is 0 Å². The van der Waals surface area contributed by atoms with Gasteiger partial charge in [0, 0.05) is 17.2 Å². The number of carbonyl (C=O) groups is 1. The Kier molecular flexibility index (Phi) is 6.17. The number of sulfone groups is 1. The molecule has 1 atom stereocenters. The molecule has 1 N–H and O–H groups in total. The van der Waals surface area contributed by atoms with Crippen molar-refractivity contribution in [2.75, 3.05) is 0 Å². The van der Waals surface area contributed by atoms with E-state index in [0.29, 0.717) is 28.5 Å². The second-order valence-corrected chi connectivity index (χ2v) is 8.94. The number of amides is 1. The zero-order valence-electron chi connectivity index (χ0n) is 16.7. The Labute approximate surface area is 170 Å². The van der Waals surface area contributed by atoms with Crippen molar-refractivity contribution < 1.29 is 17.6 Å². The summed E-state index contributed by atoms with van der Waals surface area (Å²) in [6.45, 7) is 5.65. The molecule has 0 fully saturated rings. The van der Waals surface area contributed by atoms with E-state index in [1.54, 1.807) is 61.5 Å². The van der Waals surface area contributed by atoms with Gasteiger partial charge in [0.05, 0.1) is 10.6 Å². The number of benzene rings is 2. The number of hydrogen-bond acceptors (Lipinski definition) is 5. The molecule has 0 saturated heterocycles. The Morgan fingerprint density at radius 2 is 1.76 bits per heavy atom. The second kappa shape index (κ2) is 8.61. The summed E-state index contributed by atoms with van der Waals surface area (Å²) in [6.07, 6.45) is 0.855. The van der Waals surface area contributed by atoms with Crippen LogP contribution in [0.4, 0.5) is 0 Å². The first-order chi connectivity index (χ1) is 13.8. The highest BCUT2D eigenvalue weighted by atomic mass is 32.2. The van der Waals surface area contributed by atoms with Gasteiger partial charge in [-0.3, -0.25) is 4.79 Å². The Morgan fingerprint density at radius 3 is 2.38 bits per heavy atom. The summed E-state index contributed by atoms with van der Waals surface area (Å²) < 4.78 is 30.9. The SMILES string of the molecule is CC[C@@H](C)NC(=O)c1ccc(-c2nc(CS(=O)(=O)c3ccccc3)c(C)o2)cc1. The highest BCUT2D eigenvalue weighted by molar-refractivity contribution is 7.90. The first-order valence-corrected chi connectivity index (χ1v) is 11.1. The monoisotopic (exact) mass is 412 g/mol. The highest BCUT2D eigenvalue weighted by Gasteiger charge is 2.21. The summed E-state index contributed by atoms with van der Waals surface area (Å²) in [5.41, 5.74) is 1.60. The number of hydrogen-bond donors (Lipinski definition) is 1. The van der Waals surface area contributed by atoms with Crippen LogP contribution >= 0.6 is 0 Å². The molecule has 0 aliphatic carbocycles. The van der Waals surface area contributed by atoms with Crippen molar-refractivity contribution in [3.05, 3.63) is 71.6 Å².